The molecular formula is C24H19Br2ClN2O4. The first kappa shape index (κ1) is 22.7. The maximum absolute atomic E-state index is 13.5. The Labute approximate surface area is 212 Å². The lowest BCUT2D eigenvalue weighted by Gasteiger charge is -2.31. The third-order valence-corrected chi connectivity index (χ3v) is 10.4. The van der Waals surface area contributed by atoms with E-state index in [0.717, 1.165) is 16.4 Å². The number of ketones is 1. The van der Waals surface area contributed by atoms with E-state index in [9.17, 15) is 19.2 Å². The standard InChI is InChI=1S/C24H19Br2ClN2O4/c25-20-15-10-16(21(20)26)19-18(15)23(32)29(24(19)33)28(11-17(30)12-4-2-1-3-5-12)22(31)13-6-8-14(27)9-7-13/h1-9,15-16,18-21H,10-11H2/t15-,16-,18-,19-,20+,21+/m1/s1. The Morgan fingerprint density at radius 2 is 1.42 bits per heavy atom. The molecule has 5 rings (SSSR count). The molecule has 1 saturated heterocycles. The van der Waals surface area contributed by atoms with Crippen molar-refractivity contribution in [2.75, 3.05) is 6.54 Å². The molecule has 1 aliphatic heterocycles. The second-order valence-corrected chi connectivity index (χ2v) is 11.2. The van der Waals surface area contributed by atoms with Crippen molar-refractivity contribution in [3.05, 3.63) is 70.7 Å². The van der Waals surface area contributed by atoms with E-state index in [-0.39, 0.29) is 32.8 Å². The van der Waals surface area contributed by atoms with E-state index in [1.165, 1.54) is 12.1 Å². The molecule has 0 spiro atoms. The Kier molecular flexibility index (Phi) is 5.95. The van der Waals surface area contributed by atoms with Crippen LogP contribution >= 0.6 is 43.5 Å². The molecular weight excluding hydrogens is 576 g/mol. The summed E-state index contributed by atoms with van der Waals surface area (Å²) < 4.78 is 0. The molecule has 33 heavy (non-hydrogen) atoms. The van der Waals surface area contributed by atoms with E-state index in [1.807, 2.05) is 0 Å². The summed E-state index contributed by atoms with van der Waals surface area (Å²) >= 11 is 13.3. The number of hydrogen-bond acceptors (Lipinski definition) is 4. The molecule has 1 heterocycles. The number of alkyl halides is 2. The lowest BCUT2D eigenvalue weighted by molar-refractivity contribution is -0.154. The molecule has 2 saturated carbocycles. The van der Waals surface area contributed by atoms with Crippen molar-refractivity contribution >= 4 is 67.0 Å². The van der Waals surface area contributed by atoms with Crippen molar-refractivity contribution in [1.82, 2.24) is 10.0 Å². The first-order chi connectivity index (χ1) is 15.8. The van der Waals surface area contributed by atoms with Crippen LogP contribution in [0, 0.1) is 23.7 Å². The zero-order chi connectivity index (χ0) is 23.4. The summed E-state index contributed by atoms with van der Waals surface area (Å²) in [6, 6.07) is 14.6. The molecule has 2 aromatic carbocycles. The van der Waals surface area contributed by atoms with Crippen molar-refractivity contribution in [3.8, 4) is 0 Å². The van der Waals surface area contributed by atoms with Crippen molar-refractivity contribution in [2.24, 2.45) is 23.7 Å². The predicted molar refractivity (Wildman–Crippen MR) is 129 cm³/mol. The van der Waals surface area contributed by atoms with E-state index in [0.29, 0.717) is 10.6 Å². The van der Waals surface area contributed by atoms with E-state index in [2.05, 4.69) is 31.9 Å². The van der Waals surface area contributed by atoms with Crippen LogP contribution in [0.4, 0.5) is 0 Å². The monoisotopic (exact) mass is 592 g/mol. The van der Waals surface area contributed by atoms with E-state index in [4.69, 9.17) is 11.6 Å². The summed E-state index contributed by atoms with van der Waals surface area (Å²) in [6.07, 6.45) is 0.778. The number of carbonyl (C=O) groups excluding carboxylic acids is 4. The number of hydrazine groups is 1. The number of benzene rings is 2. The smallest absolute Gasteiger partial charge is 0.273 e. The van der Waals surface area contributed by atoms with Crippen LogP contribution in [0.1, 0.15) is 27.1 Å². The molecule has 3 fully saturated rings. The number of amides is 3. The van der Waals surface area contributed by atoms with Gasteiger partial charge in [0, 0.05) is 25.8 Å². The van der Waals surface area contributed by atoms with Gasteiger partial charge in [0.1, 0.15) is 6.54 Å². The molecule has 2 aliphatic carbocycles. The van der Waals surface area contributed by atoms with E-state index in [1.54, 1.807) is 42.5 Å². The normalized spacial score (nSPS) is 30.0. The van der Waals surface area contributed by atoms with Gasteiger partial charge in [0.05, 0.1) is 11.8 Å². The quantitative estimate of drug-likeness (QED) is 0.293. The summed E-state index contributed by atoms with van der Waals surface area (Å²) in [5.41, 5.74) is 0.629. The first-order valence-electron chi connectivity index (χ1n) is 10.6. The molecule has 0 radical (unpaired) electrons. The maximum atomic E-state index is 13.5. The zero-order valence-corrected chi connectivity index (χ0v) is 21.2. The third-order valence-electron chi connectivity index (χ3n) is 6.92. The molecule has 0 unspecified atom stereocenters. The fraction of sp³-hybridized carbons (Fsp3) is 0.333. The predicted octanol–water partition coefficient (Wildman–Crippen LogP) is 4.36. The summed E-state index contributed by atoms with van der Waals surface area (Å²) in [7, 11) is 0. The number of rotatable bonds is 5. The second kappa shape index (κ2) is 8.64. The molecule has 3 aliphatic rings. The minimum absolute atomic E-state index is 0.00290. The van der Waals surface area contributed by atoms with Gasteiger partial charge in [-0.2, -0.15) is 5.01 Å². The van der Waals surface area contributed by atoms with Gasteiger partial charge in [0.25, 0.3) is 17.7 Å². The van der Waals surface area contributed by atoms with Gasteiger partial charge in [-0.1, -0.05) is 73.8 Å². The number of hydrogen-bond donors (Lipinski definition) is 0. The lowest BCUT2D eigenvalue weighted by atomic mass is 9.81. The van der Waals surface area contributed by atoms with Crippen molar-refractivity contribution in [3.63, 3.8) is 0 Å². The number of Topliss-reactive ketones (excluding diaryl/α,β-unsaturated/α-hetero) is 1. The topological polar surface area (TPSA) is 74.8 Å². The highest BCUT2D eigenvalue weighted by atomic mass is 79.9. The summed E-state index contributed by atoms with van der Waals surface area (Å²) in [5, 5.41) is 2.38. The van der Waals surface area contributed by atoms with Crippen LogP contribution < -0.4 is 0 Å². The molecule has 9 heteroatoms. The van der Waals surface area contributed by atoms with Crippen molar-refractivity contribution in [1.29, 1.82) is 0 Å². The maximum Gasteiger partial charge on any atom is 0.273 e. The van der Waals surface area contributed by atoms with Crippen LogP contribution in [0.2, 0.25) is 5.02 Å². The lowest BCUT2D eigenvalue weighted by Crippen LogP contribution is -2.52. The van der Waals surface area contributed by atoms with Gasteiger partial charge in [-0.05, 0) is 42.5 Å². The molecule has 0 N–H and O–H groups in total. The van der Waals surface area contributed by atoms with Crippen LogP contribution in [0.5, 0.6) is 0 Å². The Bertz CT molecular complexity index is 1110. The highest BCUT2D eigenvalue weighted by Crippen LogP contribution is 2.60. The van der Waals surface area contributed by atoms with Crippen LogP contribution in [0.15, 0.2) is 54.6 Å². The van der Waals surface area contributed by atoms with E-state index < -0.39 is 36.1 Å². The average molecular weight is 595 g/mol. The highest BCUT2D eigenvalue weighted by Gasteiger charge is 2.67. The Morgan fingerprint density at radius 3 is 1.97 bits per heavy atom. The summed E-state index contributed by atoms with van der Waals surface area (Å²) in [5.74, 6) is -2.77. The van der Waals surface area contributed by atoms with Crippen LogP contribution in [-0.4, -0.2) is 49.7 Å². The second-order valence-electron chi connectivity index (χ2n) is 8.65. The molecule has 6 atom stereocenters. The summed E-state index contributed by atoms with van der Waals surface area (Å²) in [4.78, 5) is 53.7. The van der Waals surface area contributed by atoms with Crippen LogP contribution in [0.25, 0.3) is 0 Å². The summed E-state index contributed by atoms with van der Waals surface area (Å²) in [6.45, 7) is -0.423. The Hall–Kier alpha value is -2.03. The van der Waals surface area contributed by atoms with Gasteiger partial charge in [-0.25, -0.2) is 5.01 Å². The SMILES string of the molecule is O=C(CN(C(=O)c1ccc(Cl)cc1)N1C(=O)[C@@H]2[C@H]3C[C@@H]([C@H](Br)[C@H]3Br)[C@H]2C1=O)c1ccccc1. The van der Waals surface area contributed by atoms with Crippen LogP contribution in [0.3, 0.4) is 0 Å². The molecule has 2 aromatic rings. The van der Waals surface area contributed by atoms with Crippen molar-refractivity contribution < 1.29 is 19.2 Å². The van der Waals surface area contributed by atoms with Crippen molar-refractivity contribution in [2.45, 2.75) is 16.1 Å². The highest BCUT2D eigenvalue weighted by molar-refractivity contribution is 9.12. The molecule has 2 bridgehead atoms. The minimum Gasteiger partial charge on any atom is -0.292 e. The number of carbonyl (C=O) groups is 4. The first-order valence-corrected chi connectivity index (χ1v) is 12.8. The number of halogens is 3. The zero-order valence-electron chi connectivity index (χ0n) is 17.2. The molecule has 170 valence electrons. The van der Waals surface area contributed by atoms with Crippen LogP contribution in [-0.2, 0) is 9.59 Å². The van der Waals surface area contributed by atoms with E-state index >= 15 is 0 Å². The number of fused-ring (bicyclic) bond motifs is 5. The van der Waals surface area contributed by atoms with Gasteiger partial charge in [0.2, 0.25) is 0 Å². The van der Waals surface area contributed by atoms with Gasteiger partial charge >= 0.3 is 0 Å². The fourth-order valence-corrected chi connectivity index (χ4v) is 7.40. The molecule has 0 aromatic heterocycles. The van der Waals surface area contributed by atoms with Gasteiger partial charge < -0.3 is 0 Å². The molecule has 3 amide bonds. The minimum atomic E-state index is -0.601. The third kappa shape index (κ3) is 3.67. The fourth-order valence-electron chi connectivity index (χ4n) is 5.40. The van der Waals surface area contributed by atoms with Gasteiger partial charge in [-0.3, -0.25) is 19.2 Å². The number of imide groups is 1. The van der Waals surface area contributed by atoms with Gasteiger partial charge in [0.15, 0.2) is 5.78 Å². The number of nitrogens with zero attached hydrogens (tertiary/aromatic N) is 2. The Morgan fingerprint density at radius 1 is 0.879 bits per heavy atom. The Balaban J connectivity index is 1.51. The largest absolute Gasteiger partial charge is 0.292 e. The molecule has 6 nitrogen and oxygen atoms in total. The van der Waals surface area contributed by atoms with Gasteiger partial charge in [-0.15, -0.1) is 0 Å². The average Bonchev–Trinajstić information content (AvgIpc) is 3.43.